The van der Waals surface area contributed by atoms with Crippen molar-refractivity contribution in [2.45, 2.75) is 25.7 Å². The lowest BCUT2D eigenvalue weighted by Crippen LogP contribution is -2.42. The number of carbonyl (C=O) groups excluding carboxylic acids is 1. The van der Waals surface area contributed by atoms with Gasteiger partial charge < -0.3 is 20.3 Å². The standard InChI is InChI=1S/C12H17NO4/c1-9(11(15)7-14)13-12(16)17-8-10-5-3-2-4-6-10/h2-6,9,11,14-15H,7-8H2,1H3,(H,13,16)/t9-,11+/m0/s1. The molecule has 1 aromatic carbocycles. The maximum absolute atomic E-state index is 11.3. The first-order chi connectivity index (χ1) is 8.13. The zero-order valence-electron chi connectivity index (χ0n) is 9.67. The molecule has 0 saturated carbocycles. The monoisotopic (exact) mass is 239 g/mol. The molecule has 0 bridgehead atoms. The van der Waals surface area contributed by atoms with Crippen LogP contribution >= 0.6 is 0 Å². The van der Waals surface area contributed by atoms with Gasteiger partial charge in [-0.25, -0.2) is 4.79 Å². The minimum absolute atomic E-state index is 0.175. The molecule has 0 heterocycles. The molecule has 1 amide bonds. The maximum Gasteiger partial charge on any atom is 0.407 e. The van der Waals surface area contributed by atoms with Crippen LogP contribution in [0.2, 0.25) is 0 Å². The van der Waals surface area contributed by atoms with Gasteiger partial charge in [-0.3, -0.25) is 0 Å². The summed E-state index contributed by atoms with van der Waals surface area (Å²) in [4.78, 5) is 11.3. The van der Waals surface area contributed by atoms with Crippen LogP contribution in [0.3, 0.4) is 0 Å². The van der Waals surface area contributed by atoms with Crippen LogP contribution in [0.25, 0.3) is 0 Å². The molecule has 17 heavy (non-hydrogen) atoms. The number of aliphatic hydroxyl groups is 2. The van der Waals surface area contributed by atoms with Crippen LogP contribution in [-0.4, -0.2) is 35.1 Å². The van der Waals surface area contributed by atoms with Crippen LogP contribution in [0.4, 0.5) is 4.79 Å². The van der Waals surface area contributed by atoms with Crippen molar-refractivity contribution in [2.75, 3.05) is 6.61 Å². The normalized spacial score (nSPS) is 13.8. The largest absolute Gasteiger partial charge is 0.445 e. The lowest BCUT2D eigenvalue weighted by Gasteiger charge is -2.17. The Bertz CT molecular complexity index is 342. The number of hydrogen-bond acceptors (Lipinski definition) is 4. The van der Waals surface area contributed by atoms with Gasteiger partial charge in [-0.05, 0) is 12.5 Å². The first-order valence-electron chi connectivity index (χ1n) is 5.39. The van der Waals surface area contributed by atoms with Crippen LogP contribution in [0, 0.1) is 0 Å². The predicted octanol–water partition coefficient (Wildman–Crippen LogP) is 0.655. The number of benzene rings is 1. The third-order valence-corrected chi connectivity index (χ3v) is 2.32. The molecule has 5 nitrogen and oxygen atoms in total. The van der Waals surface area contributed by atoms with E-state index in [-0.39, 0.29) is 6.61 Å². The molecule has 2 atom stereocenters. The van der Waals surface area contributed by atoms with Crippen LogP contribution in [0.5, 0.6) is 0 Å². The second-order valence-corrected chi connectivity index (χ2v) is 3.74. The molecule has 0 radical (unpaired) electrons. The van der Waals surface area contributed by atoms with E-state index in [4.69, 9.17) is 9.84 Å². The van der Waals surface area contributed by atoms with Gasteiger partial charge in [0.2, 0.25) is 0 Å². The Labute approximate surface area is 100 Å². The Morgan fingerprint density at radius 3 is 2.65 bits per heavy atom. The van der Waals surface area contributed by atoms with E-state index in [2.05, 4.69) is 5.32 Å². The van der Waals surface area contributed by atoms with Crippen molar-refractivity contribution in [3.8, 4) is 0 Å². The minimum Gasteiger partial charge on any atom is -0.445 e. The Morgan fingerprint density at radius 2 is 2.06 bits per heavy atom. The molecule has 3 N–H and O–H groups in total. The molecule has 0 spiro atoms. The fourth-order valence-corrected chi connectivity index (χ4v) is 1.20. The van der Waals surface area contributed by atoms with Crippen LogP contribution in [0.15, 0.2) is 30.3 Å². The van der Waals surface area contributed by atoms with Crippen molar-refractivity contribution in [3.05, 3.63) is 35.9 Å². The molecule has 0 unspecified atom stereocenters. The summed E-state index contributed by atoms with van der Waals surface area (Å²) in [6.07, 6.45) is -1.60. The fraction of sp³-hybridized carbons (Fsp3) is 0.417. The third kappa shape index (κ3) is 4.84. The molecule has 0 fully saturated rings. The summed E-state index contributed by atoms with van der Waals surface area (Å²) in [7, 11) is 0. The highest BCUT2D eigenvalue weighted by Crippen LogP contribution is 2.01. The highest BCUT2D eigenvalue weighted by atomic mass is 16.5. The first kappa shape index (κ1) is 13.5. The van der Waals surface area contributed by atoms with Crippen molar-refractivity contribution in [1.82, 2.24) is 5.32 Å². The van der Waals surface area contributed by atoms with Crippen molar-refractivity contribution in [3.63, 3.8) is 0 Å². The van der Waals surface area contributed by atoms with E-state index in [1.165, 1.54) is 0 Å². The Kier molecular flexibility index (Phi) is 5.45. The highest BCUT2D eigenvalue weighted by Gasteiger charge is 2.15. The lowest BCUT2D eigenvalue weighted by atomic mass is 10.2. The molecule has 1 rings (SSSR count). The van der Waals surface area contributed by atoms with Crippen LogP contribution in [-0.2, 0) is 11.3 Å². The molecular weight excluding hydrogens is 222 g/mol. The number of ether oxygens (including phenoxy) is 1. The number of hydrogen-bond donors (Lipinski definition) is 3. The average Bonchev–Trinajstić information content (AvgIpc) is 2.36. The SMILES string of the molecule is C[C@H](NC(=O)OCc1ccccc1)[C@H](O)CO. The summed E-state index contributed by atoms with van der Waals surface area (Å²) in [5.41, 5.74) is 0.887. The van der Waals surface area contributed by atoms with Gasteiger partial charge in [-0.15, -0.1) is 0 Å². The van der Waals surface area contributed by atoms with Gasteiger partial charge in [0, 0.05) is 0 Å². The van der Waals surface area contributed by atoms with Gasteiger partial charge in [0.05, 0.1) is 18.8 Å². The number of nitrogens with one attached hydrogen (secondary N) is 1. The molecule has 1 aromatic rings. The zero-order valence-corrected chi connectivity index (χ0v) is 9.67. The Morgan fingerprint density at radius 1 is 1.41 bits per heavy atom. The molecule has 5 heteroatoms. The fourth-order valence-electron chi connectivity index (χ4n) is 1.20. The second-order valence-electron chi connectivity index (χ2n) is 3.74. The van der Waals surface area contributed by atoms with Crippen molar-refractivity contribution in [2.24, 2.45) is 0 Å². The maximum atomic E-state index is 11.3. The Hall–Kier alpha value is -1.59. The minimum atomic E-state index is -0.987. The topological polar surface area (TPSA) is 78.8 Å². The summed E-state index contributed by atoms with van der Waals surface area (Å²) >= 11 is 0. The second kappa shape index (κ2) is 6.88. The summed E-state index contributed by atoms with van der Waals surface area (Å²) in [6.45, 7) is 1.36. The van der Waals surface area contributed by atoms with Gasteiger partial charge >= 0.3 is 6.09 Å². The molecule has 0 aromatic heterocycles. The summed E-state index contributed by atoms with van der Waals surface area (Å²) in [6, 6.07) is 8.73. The number of alkyl carbamates (subject to hydrolysis) is 1. The third-order valence-electron chi connectivity index (χ3n) is 2.32. The summed E-state index contributed by atoms with van der Waals surface area (Å²) in [5.74, 6) is 0. The first-order valence-corrected chi connectivity index (χ1v) is 5.39. The van der Waals surface area contributed by atoms with Crippen LogP contribution < -0.4 is 5.32 Å². The highest BCUT2D eigenvalue weighted by molar-refractivity contribution is 5.67. The predicted molar refractivity (Wildman–Crippen MR) is 62.3 cm³/mol. The van der Waals surface area contributed by atoms with E-state index < -0.39 is 24.8 Å². The van der Waals surface area contributed by atoms with Crippen LogP contribution in [0.1, 0.15) is 12.5 Å². The van der Waals surface area contributed by atoms with E-state index in [1.54, 1.807) is 6.92 Å². The van der Waals surface area contributed by atoms with E-state index >= 15 is 0 Å². The summed E-state index contributed by atoms with van der Waals surface area (Å²) in [5, 5.41) is 20.4. The number of aliphatic hydroxyl groups excluding tert-OH is 2. The van der Waals surface area contributed by atoms with E-state index in [0.29, 0.717) is 0 Å². The smallest absolute Gasteiger partial charge is 0.407 e. The van der Waals surface area contributed by atoms with Gasteiger partial charge in [0.15, 0.2) is 0 Å². The number of rotatable bonds is 5. The quantitative estimate of drug-likeness (QED) is 0.705. The molecule has 0 aliphatic heterocycles. The Balaban J connectivity index is 2.31. The van der Waals surface area contributed by atoms with E-state index in [9.17, 15) is 9.90 Å². The number of amides is 1. The zero-order chi connectivity index (χ0) is 12.7. The lowest BCUT2D eigenvalue weighted by molar-refractivity contribution is 0.0625. The molecular formula is C12H17NO4. The average molecular weight is 239 g/mol. The van der Waals surface area contributed by atoms with Crippen molar-refractivity contribution in [1.29, 1.82) is 0 Å². The summed E-state index contributed by atoms with van der Waals surface area (Å²) < 4.78 is 4.95. The van der Waals surface area contributed by atoms with Gasteiger partial charge in [-0.2, -0.15) is 0 Å². The van der Waals surface area contributed by atoms with Gasteiger partial charge in [-0.1, -0.05) is 30.3 Å². The number of carbonyl (C=O) groups is 1. The van der Waals surface area contributed by atoms with E-state index in [0.717, 1.165) is 5.56 Å². The molecule has 0 saturated heterocycles. The van der Waals surface area contributed by atoms with Crippen molar-refractivity contribution < 1.29 is 19.7 Å². The van der Waals surface area contributed by atoms with Gasteiger partial charge in [0.25, 0.3) is 0 Å². The van der Waals surface area contributed by atoms with Gasteiger partial charge in [0.1, 0.15) is 6.61 Å². The molecule has 0 aliphatic carbocycles. The van der Waals surface area contributed by atoms with E-state index in [1.807, 2.05) is 30.3 Å². The van der Waals surface area contributed by atoms with Crippen molar-refractivity contribution >= 4 is 6.09 Å². The molecule has 94 valence electrons. The molecule has 0 aliphatic rings.